The van der Waals surface area contributed by atoms with Gasteiger partial charge in [0.15, 0.2) is 5.82 Å². The minimum absolute atomic E-state index is 0.326. The lowest BCUT2D eigenvalue weighted by molar-refractivity contribution is 0.0526. The van der Waals surface area contributed by atoms with Crippen LogP contribution in [0.3, 0.4) is 0 Å². The van der Waals surface area contributed by atoms with Crippen LogP contribution < -0.4 is 4.90 Å². The van der Waals surface area contributed by atoms with Crippen LogP contribution in [0.5, 0.6) is 0 Å². The lowest BCUT2D eigenvalue weighted by atomic mass is 10.00. The smallest absolute Gasteiger partial charge is 0.340 e. The standard InChI is InChI=1S/C26H29N5O2/c1-4-33-26(32)22-17(2)27-24(23(22)18-8-6-5-7-9-18)25-28-20-11-10-19(16-21(20)29-25)31-14-12-30(3)13-15-31/h5-11,16,27H,4,12-15H2,1-3H3,(H,28,29). The Morgan fingerprint density at radius 2 is 1.82 bits per heavy atom. The van der Waals surface area contributed by atoms with Crippen LogP contribution in [0.1, 0.15) is 23.0 Å². The van der Waals surface area contributed by atoms with Crippen LogP contribution in [-0.4, -0.2) is 65.7 Å². The average Bonchev–Trinajstić information content (AvgIpc) is 3.40. The molecule has 1 aliphatic rings. The van der Waals surface area contributed by atoms with Gasteiger partial charge in [-0.3, -0.25) is 0 Å². The lowest BCUT2D eigenvalue weighted by Crippen LogP contribution is -2.44. The molecule has 1 saturated heterocycles. The quantitative estimate of drug-likeness (QED) is 0.445. The molecule has 0 radical (unpaired) electrons. The second-order valence-electron chi connectivity index (χ2n) is 8.54. The van der Waals surface area contributed by atoms with Gasteiger partial charge in [0.1, 0.15) is 0 Å². The highest BCUT2D eigenvalue weighted by molar-refractivity contribution is 6.03. The predicted octanol–water partition coefficient (Wildman–Crippen LogP) is 4.46. The minimum atomic E-state index is -0.329. The van der Waals surface area contributed by atoms with Gasteiger partial charge in [0, 0.05) is 43.1 Å². The molecule has 2 aromatic heterocycles. The number of aromatic nitrogens is 3. The molecule has 1 aliphatic heterocycles. The molecular weight excluding hydrogens is 414 g/mol. The van der Waals surface area contributed by atoms with Crippen molar-refractivity contribution in [2.45, 2.75) is 13.8 Å². The number of likely N-dealkylation sites (N-methyl/N-ethyl adjacent to an activating group) is 1. The van der Waals surface area contributed by atoms with E-state index >= 15 is 0 Å². The number of nitrogens with one attached hydrogen (secondary N) is 2. The van der Waals surface area contributed by atoms with Crippen molar-refractivity contribution < 1.29 is 9.53 Å². The monoisotopic (exact) mass is 443 g/mol. The summed E-state index contributed by atoms with van der Waals surface area (Å²) < 4.78 is 5.37. The Bertz CT molecular complexity index is 1280. The molecule has 4 aromatic rings. The number of aryl methyl sites for hydroxylation is 1. The number of esters is 1. The number of hydrogen-bond acceptors (Lipinski definition) is 5. The van der Waals surface area contributed by atoms with E-state index in [-0.39, 0.29) is 5.97 Å². The van der Waals surface area contributed by atoms with Crippen LogP contribution in [0.15, 0.2) is 48.5 Å². The fourth-order valence-corrected chi connectivity index (χ4v) is 4.53. The number of rotatable bonds is 5. The molecule has 0 unspecified atom stereocenters. The number of nitrogens with zero attached hydrogens (tertiary/aromatic N) is 3. The molecule has 0 saturated carbocycles. The highest BCUT2D eigenvalue weighted by Gasteiger charge is 2.26. The Kier molecular flexibility index (Phi) is 5.64. The fourth-order valence-electron chi connectivity index (χ4n) is 4.53. The molecule has 1 fully saturated rings. The molecule has 7 nitrogen and oxygen atoms in total. The molecular formula is C26H29N5O2. The number of fused-ring (bicyclic) bond motifs is 1. The highest BCUT2D eigenvalue weighted by Crippen LogP contribution is 2.37. The minimum Gasteiger partial charge on any atom is -0.462 e. The van der Waals surface area contributed by atoms with Gasteiger partial charge in [0.25, 0.3) is 0 Å². The number of imidazole rings is 1. The van der Waals surface area contributed by atoms with Gasteiger partial charge in [0.2, 0.25) is 0 Å². The summed E-state index contributed by atoms with van der Waals surface area (Å²) in [4.78, 5) is 29.3. The number of H-pyrrole nitrogens is 2. The van der Waals surface area contributed by atoms with Gasteiger partial charge in [-0.15, -0.1) is 0 Å². The van der Waals surface area contributed by atoms with E-state index in [0.717, 1.165) is 59.7 Å². The van der Waals surface area contributed by atoms with Crippen LogP contribution in [0.25, 0.3) is 33.7 Å². The normalized spacial score (nSPS) is 14.7. The summed E-state index contributed by atoms with van der Waals surface area (Å²) in [5.74, 6) is 0.378. The van der Waals surface area contributed by atoms with Crippen molar-refractivity contribution in [1.82, 2.24) is 19.9 Å². The number of hydrogen-bond donors (Lipinski definition) is 2. The van der Waals surface area contributed by atoms with Crippen LogP contribution in [0.4, 0.5) is 5.69 Å². The molecule has 0 spiro atoms. The molecule has 7 heteroatoms. The van der Waals surface area contributed by atoms with Crippen LogP contribution in [0.2, 0.25) is 0 Å². The summed E-state index contributed by atoms with van der Waals surface area (Å²) in [6.45, 7) is 8.19. The van der Waals surface area contributed by atoms with Gasteiger partial charge in [-0.2, -0.15) is 0 Å². The second-order valence-corrected chi connectivity index (χ2v) is 8.54. The average molecular weight is 444 g/mol. The van der Waals surface area contributed by atoms with Gasteiger partial charge in [-0.1, -0.05) is 30.3 Å². The lowest BCUT2D eigenvalue weighted by Gasteiger charge is -2.34. The van der Waals surface area contributed by atoms with E-state index in [1.54, 1.807) is 0 Å². The summed E-state index contributed by atoms with van der Waals surface area (Å²) in [7, 11) is 2.16. The summed E-state index contributed by atoms with van der Waals surface area (Å²) in [5, 5.41) is 0. The number of aromatic amines is 2. The van der Waals surface area contributed by atoms with Gasteiger partial charge >= 0.3 is 5.97 Å². The molecule has 170 valence electrons. The number of ether oxygens (including phenoxy) is 1. The van der Waals surface area contributed by atoms with E-state index in [1.807, 2.05) is 44.2 Å². The molecule has 0 atom stereocenters. The summed E-state index contributed by atoms with van der Waals surface area (Å²) >= 11 is 0. The third kappa shape index (κ3) is 4.00. The van der Waals surface area contributed by atoms with E-state index in [1.165, 1.54) is 5.69 Å². The Balaban J connectivity index is 1.59. The topological polar surface area (TPSA) is 77.2 Å². The molecule has 2 aromatic carbocycles. The number of anilines is 1. The van der Waals surface area contributed by atoms with Crippen LogP contribution in [-0.2, 0) is 4.74 Å². The maximum atomic E-state index is 12.8. The highest BCUT2D eigenvalue weighted by atomic mass is 16.5. The number of carbonyl (C=O) groups excluding carboxylic acids is 1. The van der Waals surface area contributed by atoms with Crippen molar-refractivity contribution in [2.24, 2.45) is 0 Å². The zero-order valence-corrected chi connectivity index (χ0v) is 19.3. The van der Waals surface area contributed by atoms with Gasteiger partial charge in [-0.05, 0) is 44.7 Å². The van der Waals surface area contributed by atoms with E-state index in [4.69, 9.17) is 9.72 Å². The third-order valence-electron chi connectivity index (χ3n) is 6.30. The molecule has 5 rings (SSSR count). The number of benzene rings is 2. The first kappa shape index (κ1) is 21.3. The second kappa shape index (κ2) is 8.75. The van der Waals surface area contributed by atoms with Crippen molar-refractivity contribution in [3.05, 3.63) is 59.8 Å². The Labute approximate surface area is 193 Å². The van der Waals surface area contributed by atoms with Crippen LogP contribution in [0, 0.1) is 6.92 Å². The number of carbonyl (C=O) groups is 1. The van der Waals surface area contributed by atoms with Crippen molar-refractivity contribution in [3.8, 4) is 22.6 Å². The SMILES string of the molecule is CCOC(=O)c1c(C)[nH]c(-c2nc3ccc(N4CCN(C)CC4)cc3[nH]2)c1-c1ccccc1. The molecule has 2 N–H and O–H groups in total. The largest absolute Gasteiger partial charge is 0.462 e. The molecule has 0 bridgehead atoms. The van der Waals surface area contributed by atoms with Crippen molar-refractivity contribution in [3.63, 3.8) is 0 Å². The van der Waals surface area contributed by atoms with Crippen LogP contribution >= 0.6 is 0 Å². The van der Waals surface area contributed by atoms with Crippen molar-refractivity contribution >= 4 is 22.7 Å². The Morgan fingerprint density at radius 3 is 2.55 bits per heavy atom. The summed E-state index contributed by atoms with van der Waals surface area (Å²) in [5.41, 5.74) is 6.93. The first-order chi connectivity index (χ1) is 16.0. The van der Waals surface area contributed by atoms with Gasteiger partial charge < -0.3 is 24.5 Å². The molecule has 33 heavy (non-hydrogen) atoms. The van der Waals surface area contributed by atoms with Gasteiger partial charge in [-0.25, -0.2) is 9.78 Å². The molecule has 3 heterocycles. The summed E-state index contributed by atoms with van der Waals surface area (Å²) in [6.07, 6.45) is 0. The fraction of sp³-hybridized carbons (Fsp3) is 0.308. The maximum absolute atomic E-state index is 12.8. The number of piperazine rings is 1. The maximum Gasteiger partial charge on any atom is 0.340 e. The first-order valence-corrected chi connectivity index (χ1v) is 11.4. The predicted molar refractivity (Wildman–Crippen MR) is 132 cm³/mol. The van der Waals surface area contributed by atoms with E-state index < -0.39 is 0 Å². The van der Waals surface area contributed by atoms with Gasteiger partial charge in [0.05, 0.1) is 28.9 Å². The molecule has 0 aliphatic carbocycles. The third-order valence-corrected chi connectivity index (χ3v) is 6.30. The zero-order valence-electron chi connectivity index (χ0n) is 19.3. The van der Waals surface area contributed by atoms with E-state index in [0.29, 0.717) is 18.0 Å². The Hall–Kier alpha value is -3.58. The van der Waals surface area contributed by atoms with Crippen molar-refractivity contribution in [2.75, 3.05) is 44.7 Å². The summed E-state index contributed by atoms with van der Waals surface area (Å²) in [6, 6.07) is 16.3. The molecule has 0 amide bonds. The first-order valence-electron chi connectivity index (χ1n) is 11.4. The van der Waals surface area contributed by atoms with Crippen molar-refractivity contribution in [1.29, 1.82) is 0 Å². The zero-order chi connectivity index (χ0) is 22.9. The Morgan fingerprint density at radius 1 is 1.06 bits per heavy atom. The van der Waals surface area contributed by atoms with E-state index in [9.17, 15) is 4.79 Å². The van der Waals surface area contributed by atoms with E-state index in [2.05, 4.69) is 45.0 Å².